The highest BCUT2D eigenvalue weighted by Gasteiger charge is 1.89. The van der Waals surface area contributed by atoms with E-state index in [0.29, 0.717) is 0 Å². The first kappa shape index (κ1) is 2.40. The molecule has 24 valence electrons. The van der Waals surface area contributed by atoms with Gasteiger partial charge < -0.3 is 0 Å². The standard InChI is InChI=1S/C3H3N2/c1-2-4-5-3-1/h2H,1H2/q+1. The van der Waals surface area contributed by atoms with E-state index in [0.717, 1.165) is 6.42 Å². The molecule has 2 heteroatoms. The minimum Gasteiger partial charge on any atom is 0.110 e. The van der Waals surface area contributed by atoms with Crippen LogP contribution in [0, 0.1) is 6.07 Å². The molecule has 0 saturated heterocycles. The molecule has 0 saturated carbocycles. The lowest BCUT2D eigenvalue weighted by atomic mass is 10.5. The van der Waals surface area contributed by atoms with Crippen molar-refractivity contribution in [2.45, 2.75) is 6.42 Å². The Labute approximate surface area is 29.9 Å². The number of hydrogen-bond donors (Lipinski definition) is 0. The van der Waals surface area contributed by atoms with E-state index >= 15 is 0 Å². The minimum atomic E-state index is 0.792. The largest absolute Gasteiger partial charge is 0.328 e. The Morgan fingerprint density at radius 3 is 3.20 bits per heavy atom. The highest BCUT2D eigenvalue weighted by molar-refractivity contribution is 5.63. The molecule has 1 rings (SSSR count). The summed E-state index contributed by atoms with van der Waals surface area (Å²) in [6.45, 7) is 0. The van der Waals surface area contributed by atoms with Gasteiger partial charge >= 0.3 is 6.07 Å². The Hall–Kier alpha value is -0.840. The van der Waals surface area contributed by atoms with Gasteiger partial charge in [0.05, 0.1) is 0 Å². The molecule has 0 fully saturated rings. The third kappa shape index (κ3) is 0.246. The zero-order valence-corrected chi connectivity index (χ0v) is 2.68. The van der Waals surface area contributed by atoms with Gasteiger partial charge in [0.25, 0.3) is 0 Å². The maximum absolute atomic E-state index is 3.47. The second-order valence-electron chi connectivity index (χ2n) is 0.760. The quantitative estimate of drug-likeness (QED) is 0.397. The van der Waals surface area contributed by atoms with Gasteiger partial charge in [-0.2, -0.15) is 0 Å². The van der Waals surface area contributed by atoms with Crippen LogP contribution in [0.4, 0.5) is 0 Å². The molecule has 0 aliphatic carbocycles. The normalized spacial score (nSPS) is 14.4. The summed E-state index contributed by atoms with van der Waals surface area (Å²) in [5, 5.41) is 3.47. The molecule has 5 heavy (non-hydrogen) atoms. The van der Waals surface area contributed by atoms with Gasteiger partial charge in [-0.15, -0.1) is 0 Å². The number of hydrogen-bond acceptors (Lipinski definition) is 1. The lowest BCUT2D eigenvalue weighted by Crippen LogP contribution is -1.54. The molecule has 1 aliphatic heterocycles. The number of nitrogens with zero attached hydrogens (tertiary/aromatic N) is 2. The van der Waals surface area contributed by atoms with E-state index in [-0.39, 0.29) is 0 Å². The second kappa shape index (κ2) is 0.852. The van der Waals surface area contributed by atoms with Crippen LogP contribution in [0.15, 0.2) is 5.10 Å². The van der Waals surface area contributed by atoms with E-state index in [2.05, 4.69) is 16.1 Å². The Kier molecular flexibility index (Phi) is 0.409. The summed E-state index contributed by atoms with van der Waals surface area (Å²) in [5.41, 5.74) is 0. The molecule has 0 aromatic carbocycles. The molecular formula is C3H3N2+. The monoisotopic (exact) mass is 67.0 g/mol. The summed E-state index contributed by atoms with van der Waals surface area (Å²) in [6, 6.07) is 2.62. The predicted octanol–water partition coefficient (Wildman–Crippen LogP) is 0.709. The average molecular weight is 67.1 g/mol. The van der Waals surface area contributed by atoms with Crippen LogP contribution in [-0.4, -0.2) is 6.21 Å². The van der Waals surface area contributed by atoms with Crippen LogP contribution < -0.4 is 0 Å². The van der Waals surface area contributed by atoms with Crippen molar-refractivity contribution in [2.24, 2.45) is 5.10 Å². The van der Waals surface area contributed by atoms with Crippen molar-refractivity contribution in [3.63, 3.8) is 0 Å². The molecule has 0 radical (unpaired) electrons. The van der Waals surface area contributed by atoms with Crippen molar-refractivity contribution in [3.8, 4) is 6.07 Å². The molecule has 0 unspecified atom stereocenters. The van der Waals surface area contributed by atoms with Crippen LogP contribution in [0.1, 0.15) is 6.42 Å². The molecule has 2 nitrogen and oxygen atoms in total. The Morgan fingerprint density at radius 2 is 3.00 bits per heavy atom. The maximum atomic E-state index is 3.47. The van der Waals surface area contributed by atoms with E-state index < -0.39 is 0 Å². The van der Waals surface area contributed by atoms with Crippen LogP contribution in [-0.2, 0) is 0 Å². The molecule has 0 bridgehead atoms. The van der Waals surface area contributed by atoms with Crippen LogP contribution in [0.5, 0.6) is 0 Å². The summed E-state index contributed by atoms with van der Waals surface area (Å²) in [4.78, 5) is 3.40. The fraction of sp³-hybridized carbons (Fsp3) is 0.333. The summed E-state index contributed by atoms with van der Waals surface area (Å²) < 4.78 is 0. The second-order valence-corrected chi connectivity index (χ2v) is 0.760. The molecule has 0 atom stereocenters. The Balaban J connectivity index is 2.77. The van der Waals surface area contributed by atoms with Crippen molar-refractivity contribution < 1.29 is 0 Å². The third-order valence-corrected chi connectivity index (χ3v) is 0.393. The molecule has 1 heterocycles. The maximum Gasteiger partial charge on any atom is 0.328 e. The predicted molar refractivity (Wildman–Crippen MR) is 20.4 cm³/mol. The lowest BCUT2D eigenvalue weighted by Gasteiger charge is -1.36. The Morgan fingerprint density at radius 1 is 2.00 bits per heavy atom. The molecule has 1 aliphatic rings. The molecule has 0 amide bonds. The van der Waals surface area contributed by atoms with Crippen molar-refractivity contribution in [2.75, 3.05) is 0 Å². The first-order chi connectivity index (χ1) is 2.50. The Bertz CT molecular complexity index is 104. The van der Waals surface area contributed by atoms with E-state index in [9.17, 15) is 0 Å². The van der Waals surface area contributed by atoms with Crippen molar-refractivity contribution in [3.05, 3.63) is 4.95 Å². The molecule has 0 aromatic rings. The molecule has 0 aromatic heterocycles. The average Bonchev–Trinajstić information content (AvgIpc) is 1.76. The van der Waals surface area contributed by atoms with Gasteiger partial charge in [0.2, 0.25) is 0 Å². The van der Waals surface area contributed by atoms with E-state index in [1.807, 2.05) is 0 Å². The van der Waals surface area contributed by atoms with E-state index in [1.54, 1.807) is 6.21 Å². The molecule has 0 spiro atoms. The summed E-state index contributed by atoms with van der Waals surface area (Å²) in [5.74, 6) is 0. The SMILES string of the molecule is C1#[N+]N=CC1. The summed E-state index contributed by atoms with van der Waals surface area (Å²) in [6.07, 6.45) is 2.50. The van der Waals surface area contributed by atoms with Gasteiger partial charge in [0, 0.05) is 0 Å². The number of rotatable bonds is 0. The van der Waals surface area contributed by atoms with E-state index in [4.69, 9.17) is 0 Å². The van der Waals surface area contributed by atoms with Gasteiger partial charge in [0.1, 0.15) is 22.7 Å². The molecular weight excluding hydrogens is 64.0 g/mol. The van der Waals surface area contributed by atoms with Crippen LogP contribution >= 0.6 is 0 Å². The third-order valence-electron chi connectivity index (χ3n) is 0.393. The first-order valence-corrected chi connectivity index (χ1v) is 1.44. The zero-order valence-electron chi connectivity index (χ0n) is 2.68. The minimum absolute atomic E-state index is 0.792. The topological polar surface area (TPSA) is 16.7 Å². The van der Waals surface area contributed by atoms with Crippen LogP contribution in [0.3, 0.4) is 0 Å². The van der Waals surface area contributed by atoms with Crippen molar-refractivity contribution >= 4 is 6.21 Å². The summed E-state index contributed by atoms with van der Waals surface area (Å²) in [7, 11) is 0. The summed E-state index contributed by atoms with van der Waals surface area (Å²) >= 11 is 0. The van der Waals surface area contributed by atoms with E-state index in [1.165, 1.54) is 0 Å². The van der Waals surface area contributed by atoms with Gasteiger partial charge in [-0.3, -0.25) is 0 Å². The highest BCUT2D eigenvalue weighted by atomic mass is 15.2. The highest BCUT2D eigenvalue weighted by Crippen LogP contribution is 1.80. The van der Waals surface area contributed by atoms with Crippen molar-refractivity contribution in [1.29, 1.82) is 0 Å². The van der Waals surface area contributed by atoms with Gasteiger partial charge in [-0.05, 0) is 0 Å². The molecule has 0 N–H and O–H groups in total. The van der Waals surface area contributed by atoms with Crippen molar-refractivity contribution in [1.82, 2.24) is 0 Å². The van der Waals surface area contributed by atoms with Gasteiger partial charge in [-0.25, -0.2) is 0 Å². The zero-order chi connectivity index (χ0) is 3.54. The first-order valence-electron chi connectivity index (χ1n) is 1.44. The van der Waals surface area contributed by atoms with Gasteiger partial charge in [0.15, 0.2) is 0 Å². The smallest absolute Gasteiger partial charge is 0.110 e. The fourth-order valence-electron chi connectivity index (χ4n) is 0.204. The van der Waals surface area contributed by atoms with Crippen LogP contribution in [0.25, 0.3) is 4.95 Å². The lowest BCUT2D eigenvalue weighted by molar-refractivity contribution is 1.63. The van der Waals surface area contributed by atoms with Gasteiger partial charge in [-0.1, -0.05) is 0 Å². The van der Waals surface area contributed by atoms with Crippen LogP contribution in [0.2, 0.25) is 0 Å². The fourth-order valence-corrected chi connectivity index (χ4v) is 0.204.